The van der Waals surface area contributed by atoms with Gasteiger partial charge in [-0.05, 0) is 126 Å². The first-order valence-electron chi connectivity index (χ1n) is 15.2. The van der Waals surface area contributed by atoms with Gasteiger partial charge in [0.2, 0.25) is 0 Å². The molecule has 1 aliphatic carbocycles. The first kappa shape index (κ1) is 32.7. The van der Waals surface area contributed by atoms with Gasteiger partial charge in [-0.15, -0.1) is 0 Å². The van der Waals surface area contributed by atoms with E-state index in [0.717, 1.165) is 43.6 Å². The average molecular weight is 531 g/mol. The molecule has 214 valence electrons. The first-order valence-corrected chi connectivity index (χ1v) is 15.2. The molecular formula is C36H54N2O. The van der Waals surface area contributed by atoms with Gasteiger partial charge in [0.05, 0.1) is 11.3 Å². The summed E-state index contributed by atoms with van der Waals surface area (Å²) < 4.78 is 0. The number of pyridine rings is 1. The highest BCUT2D eigenvalue weighted by Gasteiger charge is 2.19. The number of hydrogen-bond acceptors (Lipinski definition) is 3. The Kier molecular flexibility index (Phi) is 13.4. The average Bonchev–Trinajstić information content (AvgIpc) is 2.93. The lowest BCUT2D eigenvalue weighted by Gasteiger charge is -2.22. The SMILES string of the molecule is CC.CCc1cccc(CC)c1-c1cc(CCC(C)(C)O)c(CN(C)C)c(C)n1.c1ccc2c(c1)CCCC2. The van der Waals surface area contributed by atoms with Gasteiger partial charge in [-0.1, -0.05) is 70.2 Å². The van der Waals surface area contributed by atoms with Crippen molar-refractivity contribution in [3.8, 4) is 11.3 Å². The molecule has 0 saturated carbocycles. The Morgan fingerprint density at radius 1 is 0.846 bits per heavy atom. The van der Waals surface area contributed by atoms with Crippen LogP contribution in [0.5, 0.6) is 0 Å². The maximum Gasteiger partial charge on any atom is 0.0713 e. The van der Waals surface area contributed by atoms with Gasteiger partial charge in [-0.25, -0.2) is 0 Å². The third-order valence-corrected chi connectivity index (χ3v) is 7.42. The summed E-state index contributed by atoms with van der Waals surface area (Å²) in [6.07, 6.45) is 8.98. The molecule has 3 aromatic rings. The second-order valence-electron chi connectivity index (χ2n) is 11.4. The van der Waals surface area contributed by atoms with Crippen LogP contribution in [-0.2, 0) is 38.6 Å². The van der Waals surface area contributed by atoms with Crippen LogP contribution in [0.4, 0.5) is 0 Å². The zero-order valence-corrected chi connectivity index (χ0v) is 26.3. The molecule has 39 heavy (non-hydrogen) atoms. The lowest BCUT2D eigenvalue weighted by atomic mass is 9.90. The van der Waals surface area contributed by atoms with Crippen molar-refractivity contribution in [3.05, 3.63) is 87.6 Å². The number of nitrogens with zero attached hydrogens (tertiary/aromatic N) is 2. The fourth-order valence-electron chi connectivity index (χ4n) is 5.34. The molecular weight excluding hydrogens is 476 g/mol. The quantitative estimate of drug-likeness (QED) is 0.317. The number of fused-ring (bicyclic) bond motifs is 1. The highest BCUT2D eigenvalue weighted by atomic mass is 16.3. The third-order valence-electron chi connectivity index (χ3n) is 7.42. The van der Waals surface area contributed by atoms with Crippen molar-refractivity contribution in [2.75, 3.05) is 14.1 Å². The van der Waals surface area contributed by atoms with Crippen LogP contribution in [0.1, 0.15) is 99.9 Å². The number of aromatic nitrogens is 1. The highest BCUT2D eigenvalue weighted by Crippen LogP contribution is 2.31. The van der Waals surface area contributed by atoms with Crippen LogP contribution < -0.4 is 0 Å². The number of aryl methyl sites for hydroxylation is 6. The maximum absolute atomic E-state index is 10.2. The Bertz CT molecular complexity index is 1110. The molecule has 2 aromatic carbocycles. The van der Waals surface area contributed by atoms with Crippen LogP contribution in [0.15, 0.2) is 48.5 Å². The van der Waals surface area contributed by atoms with Gasteiger partial charge in [-0.3, -0.25) is 4.98 Å². The highest BCUT2D eigenvalue weighted by molar-refractivity contribution is 5.69. The van der Waals surface area contributed by atoms with E-state index in [4.69, 9.17) is 4.98 Å². The third kappa shape index (κ3) is 9.89. The standard InChI is InChI=1S/C24H36N2O.C10H12.C2H6/c1-8-18-11-10-12-19(9-2)23(18)22-15-20(13-14-24(4,5)27)21(16-26(6)7)17(3)25-22;1-2-6-10-8-4-3-7-9(10)5-1;1-2/h10-12,15,27H,8-9,13-14,16H2,1-7H3;1-2,5-6H,3-4,7-8H2;1-2H3. The Morgan fingerprint density at radius 3 is 1.85 bits per heavy atom. The summed E-state index contributed by atoms with van der Waals surface area (Å²) >= 11 is 0. The van der Waals surface area contributed by atoms with Gasteiger partial charge in [0, 0.05) is 17.8 Å². The molecule has 1 aliphatic rings. The Balaban J connectivity index is 0.000000365. The molecule has 0 atom stereocenters. The normalized spacial score (nSPS) is 12.7. The van der Waals surface area contributed by atoms with Crippen molar-refractivity contribution in [3.63, 3.8) is 0 Å². The van der Waals surface area contributed by atoms with Crippen molar-refractivity contribution in [1.82, 2.24) is 9.88 Å². The van der Waals surface area contributed by atoms with E-state index in [1.165, 1.54) is 53.5 Å². The van der Waals surface area contributed by atoms with Crippen molar-refractivity contribution in [2.45, 2.75) is 112 Å². The van der Waals surface area contributed by atoms with Crippen LogP contribution in [0.25, 0.3) is 11.3 Å². The number of aliphatic hydroxyl groups is 1. The van der Waals surface area contributed by atoms with Gasteiger partial charge in [0.25, 0.3) is 0 Å². The lowest BCUT2D eigenvalue weighted by Crippen LogP contribution is -2.21. The zero-order valence-electron chi connectivity index (χ0n) is 26.3. The predicted molar refractivity (Wildman–Crippen MR) is 170 cm³/mol. The van der Waals surface area contributed by atoms with E-state index in [1.54, 1.807) is 11.1 Å². The predicted octanol–water partition coefficient (Wildman–Crippen LogP) is 8.54. The van der Waals surface area contributed by atoms with Gasteiger partial charge in [0.15, 0.2) is 0 Å². The van der Waals surface area contributed by atoms with E-state index in [1.807, 2.05) is 27.7 Å². The number of benzene rings is 2. The summed E-state index contributed by atoms with van der Waals surface area (Å²) in [5.41, 5.74) is 11.3. The molecule has 0 saturated heterocycles. The van der Waals surface area contributed by atoms with Gasteiger partial charge < -0.3 is 10.0 Å². The summed E-state index contributed by atoms with van der Waals surface area (Å²) in [5.74, 6) is 0. The summed E-state index contributed by atoms with van der Waals surface area (Å²) in [5, 5.41) is 10.2. The first-order chi connectivity index (χ1) is 18.6. The molecule has 1 N–H and O–H groups in total. The van der Waals surface area contributed by atoms with Crippen molar-refractivity contribution < 1.29 is 5.11 Å². The largest absolute Gasteiger partial charge is 0.390 e. The smallest absolute Gasteiger partial charge is 0.0713 e. The van der Waals surface area contributed by atoms with Crippen LogP contribution >= 0.6 is 0 Å². The minimum Gasteiger partial charge on any atom is -0.390 e. The van der Waals surface area contributed by atoms with Crippen LogP contribution in [-0.4, -0.2) is 34.7 Å². The van der Waals surface area contributed by atoms with Crippen LogP contribution in [0, 0.1) is 6.92 Å². The van der Waals surface area contributed by atoms with Crippen LogP contribution in [0.2, 0.25) is 0 Å². The molecule has 0 radical (unpaired) electrons. The van der Waals surface area contributed by atoms with E-state index in [-0.39, 0.29) is 0 Å². The zero-order chi connectivity index (χ0) is 29.0. The molecule has 4 rings (SSSR count). The fraction of sp³-hybridized carbons (Fsp3) is 0.528. The topological polar surface area (TPSA) is 36.4 Å². The minimum absolute atomic E-state index is 0.664. The van der Waals surface area contributed by atoms with Crippen molar-refractivity contribution >= 4 is 0 Å². The minimum atomic E-state index is -0.664. The summed E-state index contributed by atoms with van der Waals surface area (Å²) in [7, 11) is 4.18. The van der Waals surface area contributed by atoms with E-state index in [0.29, 0.717) is 0 Å². The number of hydrogen-bond donors (Lipinski definition) is 1. The van der Waals surface area contributed by atoms with Crippen molar-refractivity contribution in [1.29, 1.82) is 0 Å². The molecule has 3 nitrogen and oxygen atoms in total. The maximum atomic E-state index is 10.2. The van der Waals surface area contributed by atoms with Gasteiger partial charge >= 0.3 is 0 Å². The summed E-state index contributed by atoms with van der Waals surface area (Å²) in [4.78, 5) is 7.22. The Hall–Kier alpha value is -2.49. The molecule has 1 heterocycles. The van der Waals surface area contributed by atoms with Gasteiger partial charge in [-0.2, -0.15) is 0 Å². The second kappa shape index (κ2) is 15.9. The molecule has 0 bridgehead atoms. The molecule has 0 unspecified atom stereocenters. The van der Waals surface area contributed by atoms with E-state index in [9.17, 15) is 5.11 Å². The van der Waals surface area contributed by atoms with E-state index < -0.39 is 5.60 Å². The van der Waals surface area contributed by atoms with E-state index in [2.05, 4.69) is 88.3 Å². The molecule has 0 spiro atoms. The molecule has 0 amide bonds. The molecule has 0 fully saturated rings. The fourth-order valence-corrected chi connectivity index (χ4v) is 5.34. The molecule has 1 aromatic heterocycles. The van der Waals surface area contributed by atoms with Gasteiger partial charge in [0.1, 0.15) is 0 Å². The van der Waals surface area contributed by atoms with E-state index >= 15 is 0 Å². The summed E-state index contributed by atoms with van der Waals surface area (Å²) in [6, 6.07) is 17.7. The van der Waals surface area contributed by atoms with Crippen molar-refractivity contribution in [2.24, 2.45) is 0 Å². The Labute approximate surface area is 239 Å². The lowest BCUT2D eigenvalue weighted by molar-refractivity contribution is 0.0713. The Morgan fingerprint density at radius 2 is 1.38 bits per heavy atom. The number of rotatable bonds is 8. The molecule has 0 aliphatic heterocycles. The van der Waals surface area contributed by atoms with Crippen LogP contribution in [0.3, 0.4) is 0 Å². The summed E-state index contributed by atoms with van der Waals surface area (Å²) in [6.45, 7) is 15.2. The molecule has 3 heteroatoms. The second-order valence-corrected chi connectivity index (χ2v) is 11.4. The monoisotopic (exact) mass is 530 g/mol.